The summed E-state index contributed by atoms with van der Waals surface area (Å²) in [6, 6.07) is 9.75. The van der Waals surface area contributed by atoms with Gasteiger partial charge in [0.05, 0.1) is 10.5 Å². The van der Waals surface area contributed by atoms with E-state index >= 15 is 0 Å². The van der Waals surface area contributed by atoms with Gasteiger partial charge in [-0.2, -0.15) is 0 Å². The Morgan fingerprint density at radius 3 is 2.21 bits per heavy atom. The number of benzene rings is 2. The Kier molecular flexibility index (Phi) is 4.89. The summed E-state index contributed by atoms with van der Waals surface area (Å²) in [5.41, 5.74) is 1.05. The summed E-state index contributed by atoms with van der Waals surface area (Å²) < 4.78 is 27.1. The number of sulfonamides is 1. The van der Waals surface area contributed by atoms with Crippen LogP contribution < -0.4 is 10.0 Å². The van der Waals surface area contributed by atoms with Gasteiger partial charge in [0.25, 0.3) is 15.9 Å². The minimum atomic E-state index is -3.94. The minimum absolute atomic E-state index is 0.0761. The smallest absolute Gasteiger partial charge is 0.335 e. The molecular formula is C16H16N2O5S. The monoisotopic (exact) mass is 348 g/mol. The van der Waals surface area contributed by atoms with Crippen molar-refractivity contribution < 1.29 is 23.1 Å². The number of nitrogens with one attached hydrogen (secondary N) is 2. The van der Waals surface area contributed by atoms with Gasteiger partial charge in [0, 0.05) is 18.3 Å². The van der Waals surface area contributed by atoms with Crippen molar-refractivity contribution in [2.45, 2.75) is 11.8 Å². The molecule has 126 valence electrons. The summed E-state index contributed by atoms with van der Waals surface area (Å²) in [4.78, 5) is 22.4. The molecule has 0 aliphatic carbocycles. The number of aryl methyl sites for hydroxylation is 1. The van der Waals surface area contributed by atoms with Gasteiger partial charge >= 0.3 is 5.97 Å². The maximum absolute atomic E-state index is 12.4. The Hall–Kier alpha value is -2.87. The van der Waals surface area contributed by atoms with E-state index < -0.39 is 16.0 Å². The second-order valence-corrected chi connectivity index (χ2v) is 6.73. The van der Waals surface area contributed by atoms with Gasteiger partial charge in [0.15, 0.2) is 0 Å². The molecule has 0 aliphatic heterocycles. The summed E-state index contributed by atoms with van der Waals surface area (Å²) in [7, 11) is -2.44. The van der Waals surface area contributed by atoms with E-state index in [1.165, 1.54) is 43.4 Å². The van der Waals surface area contributed by atoms with Gasteiger partial charge in [-0.1, -0.05) is 6.07 Å². The molecule has 1 amide bonds. The first-order valence-corrected chi connectivity index (χ1v) is 8.42. The number of amides is 1. The predicted molar refractivity (Wildman–Crippen MR) is 88.8 cm³/mol. The molecule has 0 radical (unpaired) electrons. The molecule has 0 unspecified atom stereocenters. The molecular weight excluding hydrogens is 332 g/mol. The van der Waals surface area contributed by atoms with Crippen molar-refractivity contribution >= 4 is 27.6 Å². The number of hydrogen-bond acceptors (Lipinski definition) is 4. The summed E-state index contributed by atoms with van der Waals surface area (Å²) in [6.45, 7) is 1.59. The first-order valence-electron chi connectivity index (χ1n) is 6.93. The lowest BCUT2D eigenvalue weighted by Gasteiger charge is -2.10. The highest BCUT2D eigenvalue weighted by Crippen LogP contribution is 2.19. The van der Waals surface area contributed by atoms with Crippen LogP contribution in [0.1, 0.15) is 26.3 Å². The summed E-state index contributed by atoms with van der Waals surface area (Å²) in [6.07, 6.45) is 0. The molecule has 0 fully saturated rings. The number of anilines is 1. The molecule has 0 atom stereocenters. The number of carboxylic acid groups (broad SMARTS) is 1. The number of rotatable bonds is 5. The van der Waals surface area contributed by atoms with Gasteiger partial charge in [-0.15, -0.1) is 0 Å². The molecule has 7 nitrogen and oxygen atoms in total. The number of aromatic carboxylic acids is 1. The summed E-state index contributed by atoms with van der Waals surface area (Å²) in [5.74, 6) is -1.48. The molecule has 3 N–H and O–H groups in total. The predicted octanol–water partition coefficient (Wildman–Crippen LogP) is 1.85. The second-order valence-electron chi connectivity index (χ2n) is 5.04. The number of hydrogen-bond donors (Lipinski definition) is 3. The zero-order valence-electron chi connectivity index (χ0n) is 13.0. The van der Waals surface area contributed by atoms with E-state index in [1.54, 1.807) is 6.92 Å². The van der Waals surface area contributed by atoms with Gasteiger partial charge in [-0.05, 0) is 48.9 Å². The van der Waals surface area contributed by atoms with E-state index in [0.717, 1.165) is 6.07 Å². The van der Waals surface area contributed by atoms with Crippen molar-refractivity contribution in [2.24, 2.45) is 0 Å². The second kappa shape index (κ2) is 6.71. The Labute approximate surface area is 139 Å². The Morgan fingerprint density at radius 1 is 1.04 bits per heavy atom. The Morgan fingerprint density at radius 2 is 1.67 bits per heavy atom. The highest BCUT2D eigenvalue weighted by atomic mass is 32.2. The van der Waals surface area contributed by atoms with E-state index in [4.69, 9.17) is 5.11 Å². The summed E-state index contributed by atoms with van der Waals surface area (Å²) in [5, 5.41) is 11.6. The highest BCUT2D eigenvalue weighted by Gasteiger charge is 2.18. The molecule has 0 saturated heterocycles. The Balaban J connectivity index is 2.30. The van der Waals surface area contributed by atoms with E-state index in [2.05, 4.69) is 10.0 Å². The largest absolute Gasteiger partial charge is 0.478 e. The fourth-order valence-corrected chi connectivity index (χ4v) is 3.13. The van der Waals surface area contributed by atoms with E-state index in [9.17, 15) is 18.0 Å². The molecule has 0 saturated carbocycles. The van der Waals surface area contributed by atoms with Gasteiger partial charge in [-0.3, -0.25) is 9.52 Å². The molecule has 0 spiro atoms. The van der Waals surface area contributed by atoms with Gasteiger partial charge in [0.2, 0.25) is 0 Å². The van der Waals surface area contributed by atoms with Crippen LogP contribution in [0.3, 0.4) is 0 Å². The molecule has 0 aromatic heterocycles. The van der Waals surface area contributed by atoms with Crippen LogP contribution in [-0.2, 0) is 10.0 Å². The third-order valence-corrected chi connectivity index (χ3v) is 4.76. The maximum Gasteiger partial charge on any atom is 0.335 e. The van der Waals surface area contributed by atoms with Crippen LogP contribution in [0.15, 0.2) is 47.4 Å². The van der Waals surface area contributed by atoms with E-state index in [0.29, 0.717) is 11.1 Å². The standard InChI is InChI=1S/C16H16N2O5S/c1-10-3-8-13(9-14(10)16(20)21)24(22,23)18-12-6-4-11(5-7-12)15(19)17-2/h3-9,18H,1-2H3,(H,17,19)(H,20,21). The zero-order chi connectivity index (χ0) is 17.9. The number of carbonyl (C=O) groups is 2. The minimum Gasteiger partial charge on any atom is -0.478 e. The molecule has 0 heterocycles. The first-order chi connectivity index (χ1) is 11.2. The molecule has 2 aromatic carbocycles. The maximum atomic E-state index is 12.4. The molecule has 8 heteroatoms. The fraction of sp³-hybridized carbons (Fsp3) is 0.125. The SMILES string of the molecule is CNC(=O)c1ccc(NS(=O)(=O)c2ccc(C)c(C(=O)O)c2)cc1. The lowest BCUT2D eigenvalue weighted by Crippen LogP contribution is -2.18. The molecule has 2 rings (SSSR count). The quantitative estimate of drug-likeness (QED) is 0.763. The van der Waals surface area contributed by atoms with Crippen molar-refractivity contribution in [1.82, 2.24) is 5.32 Å². The van der Waals surface area contributed by atoms with Gasteiger partial charge in [0.1, 0.15) is 0 Å². The molecule has 0 aliphatic rings. The van der Waals surface area contributed by atoms with E-state index in [1.807, 2.05) is 0 Å². The lowest BCUT2D eigenvalue weighted by molar-refractivity contribution is 0.0695. The van der Waals surface area contributed by atoms with Gasteiger partial charge < -0.3 is 10.4 Å². The van der Waals surface area contributed by atoms with Crippen molar-refractivity contribution in [2.75, 3.05) is 11.8 Å². The zero-order valence-corrected chi connectivity index (χ0v) is 13.8. The normalized spacial score (nSPS) is 10.9. The third kappa shape index (κ3) is 3.72. The van der Waals surface area contributed by atoms with Crippen LogP contribution in [-0.4, -0.2) is 32.4 Å². The van der Waals surface area contributed by atoms with Crippen LogP contribution in [0, 0.1) is 6.92 Å². The van der Waals surface area contributed by atoms with Crippen LogP contribution in [0.25, 0.3) is 0 Å². The van der Waals surface area contributed by atoms with Crippen molar-refractivity contribution in [1.29, 1.82) is 0 Å². The van der Waals surface area contributed by atoms with Crippen LogP contribution >= 0.6 is 0 Å². The number of carboxylic acids is 1. The van der Waals surface area contributed by atoms with Crippen LogP contribution in [0.5, 0.6) is 0 Å². The summed E-state index contributed by atoms with van der Waals surface area (Å²) >= 11 is 0. The average Bonchev–Trinajstić information content (AvgIpc) is 2.54. The third-order valence-electron chi connectivity index (χ3n) is 3.38. The first kappa shape index (κ1) is 17.5. The van der Waals surface area contributed by atoms with Crippen LogP contribution in [0.2, 0.25) is 0 Å². The Bertz CT molecular complexity index is 889. The molecule has 0 bridgehead atoms. The van der Waals surface area contributed by atoms with Gasteiger partial charge in [-0.25, -0.2) is 13.2 Å². The fourth-order valence-electron chi connectivity index (χ4n) is 2.05. The van der Waals surface area contributed by atoms with Crippen molar-refractivity contribution in [3.8, 4) is 0 Å². The molecule has 2 aromatic rings. The van der Waals surface area contributed by atoms with Crippen molar-refractivity contribution in [3.05, 3.63) is 59.2 Å². The van der Waals surface area contributed by atoms with E-state index in [-0.39, 0.29) is 22.1 Å². The highest BCUT2D eigenvalue weighted by molar-refractivity contribution is 7.92. The van der Waals surface area contributed by atoms with Crippen molar-refractivity contribution in [3.63, 3.8) is 0 Å². The molecule has 24 heavy (non-hydrogen) atoms. The average molecular weight is 348 g/mol. The lowest BCUT2D eigenvalue weighted by atomic mass is 10.1. The van der Waals surface area contributed by atoms with Crippen LogP contribution in [0.4, 0.5) is 5.69 Å². The number of carbonyl (C=O) groups excluding carboxylic acids is 1. The topological polar surface area (TPSA) is 113 Å².